The summed E-state index contributed by atoms with van der Waals surface area (Å²) in [6.07, 6.45) is 13.9. The molecule has 0 heterocycles. The summed E-state index contributed by atoms with van der Waals surface area (Å²) >= 11 is 4.06. The second kappa shape index (κ2) is 5.50. The molecule has 124 valence electrons. The maximum Gasteiger partial charge on any atom is 0.229 e. The summed E-state index contributed by atoms with van der Waals surface area (Å²) in [4.78, 5) is 15.9. The first-order valence-corrected chi connectivity index (χ1v) is 10.3. The Hall–Kier alpha value is -0.0500. The van der Waals surface area contributed by atoms with Crippen molar-refractivity contribution < 1.29 is 4.79 Å². The molecule has 5 rings (SSSR count). The maximum absolute atomic E-state index is 13.6. The SMILES string of the molecule is CCN(C(=O)C12CC3CC(CC(Br)(C3)C1)C2)C1CCCCC1. The predicted octanol–water partition coefficient (Wildman–Crippen LogP) is 4.90. The number of hydrogen-bond acceptors (Lipinski definition) is 1. The van der Waals surface area contributed by atoms with Gasteiger partial charge in [-0.05, 0) is 70.1 Å². The first-order chi connectivity index (χ1) is 10.5. The van der Waals surface area contributed by atoms with Crippen LogP contribution in [0.1, 0.15) is 77.6 Å². The van der Waals surface area contributed by atoms with Crippen molar-refractivity contribution >= 4 is 21.8 Å². The van der Waals surface area contributed by atoms with Gasteiger partial charge in [0.25, 0.3) is 0 Å². The molecule has 0 aromatic rings. The first kappa shape index (κ1) is 15.5. The molecule has 0 N–H and O–H groups in total. The molecule has 0 radical (unpaired) electrons. The Morgan fingerprint density at radius 1 is 1.09 bits per heavy atom. The average Bonchev–Trinajstić information content (AvgIpc) is 2.46. The zero-order valence-corrected chi connectivity index (χ0v) is 15.5. The molecule has 2 unspecified atom stereocenters. The first-order valence-electron chi connectivity index (χ1n) is 9.54. The summed E-state index contributed by atoms with van der Waals surface area (Å²) in [7, 11) is 0. The predicted molar refractivity (Wildman–Crippen MR) is 93.0 cm³/mol. The normalized spacial score (nSPS) is 44.3. The number of nitrogens with zero attached hydrogens (tertiary/aromatic N) is 1. The van der Waals surface area contributed by atoms with Gasteiger partial charge in [-0.1, -0.05) is 35.2 Å². The molecule has 0 saturated heterocycles. The lowest BCUT2D eigenvalue weighted by molar-refractivity contribution is -0.158. The van der Waals surface area contributed by atoms with Crippen LogP contribution in [0.3, 0.4) is 0 Å². The molecule has 0 aromatic heterocycles. The molecule has 5 fully saturated rings. The third kappa shape index (κ3) is 2.46. The largest absolute Gasteiger partial charge is 0.340 e. The average molecular weight is 368 g/mol. The van der Waals surface area contributed by atoms with Crippen LogP contribution in [0.4, 0.5) is 0 Å². The van der Waals surface area contributed by atoms with Crippen molar-refractivity contribution in [1.29, 1.82) is 0 Å². The second-order valence-corrected chi connectivity index (χ2v) is 10.5. The van der Waals surface area contributed by atoms with Crippen molar-refractivity contribution in [2.45, 2.75) is 87.9 Å². The van der Waals surface area contributed by atoms with E-state index in [-0.39, 0.29) is 5.41 Å². The monoisotopic (exact) mass is 367 g/mol. The molecular weight excluding hydrogens is 338 g/mol. The molecule has 0 aliphatic heterocycles. The molecule has 5 aliphatic rings. The summed E-state index contributed by atoms with van der Waals surface area (Å²) in [6.45, 7) is 3.10. The van der Waals surface area contributed by atoms with Crippen molar-refractivity contribution in [3.05, 3.63) is 0 Å². The van der Waals surface area contributed by atoms with E-state index in [1.807, 2.05) is 0 Å². The minimum absolute atomic E-state index is 0.0129. The van der Waals surface area contributed by atoms with Crippen LogP contribution in [-0.4, -0.2) is 27.7 Å². The van der Waals surface area contributed by atoms with Gasteiger partial charge < -0.3 is 4.90 Å². The highest BCUT2D eigenvalue weighted by Gasteiger charge is 2.60. The van der Waals surface area contributed by atoms with Crippen LogP contribution in [0.5, 0.6) is 0 Å². The number of amides is 1. The number of halogens is 1. The Bertz CT molecular complexity index is 442. The third-order valence-corrected chi connectivity index (χ3v) is 7.99. The summed E-state index contributed by atoms with van der Waals surface area (Å²) < 4.78 is 0.290. The van der Waals surface area contributed by atoms with Crippen molar-refractivity contribution in [3.63, 3.8) is 0 Å². The van der Waals surface area contributed by atoms with Crippen molar-refractivity contribution in [2.75, 3.05) is 6.54 Å². The van der Waals surface area contributed by atoms with Gasteiger partial charge in [0.05, 0.1) is 5.41 Å². The molecule has 5 saturated carbocycles. The number of carbonyl (C=O) groups is 1. The van der Waals surface area contributed by atoms with Gasteiger partial charge in [0.15, 0.2) is 0 Å². The Morgan fingerprint density at radius 3 is 2.27 bits per heavy atom. The highest BCUT2D eigenvalue weighted by atomic mass is 79.9. The lowest BCUT2D eigenvalue weighted by atomic mass is 9.49. The van der Waals surface area contributed by atoms with Gasteiger partial charge in [0.2, 0.25) is 5.91 Å². The van der Waals surface area contributed by atoms with Crippen LogP contribution in [0.2, 0.25) is 0 Å². The molecule has 2 nitrogen and oxygen atoms in total. The van der Waals surface area contributed by atoms with Gasteiger partial charge in [-0.25, -0.2) is 0 Å². The number of rotatable bonds is 3. The second-order valence-electron chi connectivity index (χ2n) is 8.78. The summed E-state index contributed by atoms with van der Waals surface area (Å²) in [5.74, 6) is 2.13. The molecule has 2 atom stereocenters. The van der Waals surface area contributed by atoms with Crippen LogP contribution < -0.4 is 0 Å². The molecule has 5 aliphatic carbocycles. The standard InChI is InChI=1S/C19H30BrNO/c1-2-21(16-6-4-3-5-7-16)17(22)18-9-14-8-15(10-18)12-19(20,11-14)13-18/h14-16H,2-13H2,1H3. The van der Waals surface area contributed by atoms with E-state index in [2.05, 4.69) is 27.8 Å². The van der Waals surface area contributed by atoms with E-state index in [9.17, 15) is 4.79 Å². The van der Waals surface area contributed by atoms with Crippen LogP contribution in [0.25, 0.3) is 0 Å². The van der Waals surface area contributed by atoms with Crippen molar-refractivity contribution in [1.82, 2.24) is 4.90 Å². The van der Waals surface area contributed by atoms with E-state index in [1.165, 1.54) is 64.2 Å². The molecule has 0 spiro atoms. The molecule has 0 aromatic carbocycles. The van der Waals surface area contributed by atoms with E-state index in [1.54, 1.807) is 0 Å². The fourth-order valence-corrected chi connectivity index (χ4v) is 8.12. The van der Waals surface area contributed by atoms with Crippen LogP contribution in [0.15, 0.2) is 0 Å². The van der Waals surface area contributed by atoms with E-state index >= 15 is 0 Å². The zero-order valence-electron chi connectivity index (χ0n) is 14.0. The summed E-state index contributed by atoms with van der Waals surface area (Å²) in [5.41, 5.74) is -0.0129. The van der Waals surface area contributed by atoms with Crippen molar-refractivity contribution in [2.24, 2.45) is 17.3 Å². The highest BCUT2D eigenvalue weighted by molar-refractivity contribution is 9.10. The molecular formula is C19H30BrNO. The topological polar surface area (TPSA) is 20.3 Å². The minimum Gasteiger partial charge on any atom is -0.340 e. The molecule has 4 bridgehead atoms. The van der Waals surface area contributed by atoms with Crippen LogP contribution in [0, 0.1) is 17.3 Å². The Labute approximate surface area is 143 Å². The van der Waals surface area contributed by atoms with Gasteiger partial charge in [-0.3, -0.25) is 4.79 Å². The van der Waals surface area contributed by atoms with Crippen LogP contribution in [-0.2, 0) is 4.79 Å². The maximum atomic E-state index is 13.6. The highest BCUT2D eigenvalue weighted by Crippen LogP contribution is 2.65. The smallest absolute Gasteiger partial charge is 0.229 e. The quantitative estimate of drug-likeness (QED) is 0.649. The van der Waals surface area contributed by atoms with E-state index in [4.69, 9.17) is 0 Å². The van der Waals surface area contributed by atoms with E-state index in [0.29, 0.717) is 16.3 Å². The lowest BCUT2D eigenvalue weighted by Gasteiger charge is -2.60. The number of carbonyl (C=O) groups excluding carboxylic acids is 1. The van der Waals surface area contributed by atoms with E-state index < -0.39 is 0 Å². The lowest BCUT2D eigenvalue weighted by Crippen LogP contribution is -2.60. The minimum atomic E-state index is -0.0129. The summed E-state index contributed by atoms with van der Waals surface area (Å²) in [5, 5.41) is 0. The number of hydrogen-bond donors (Lipinski definition) is 0. The number of alkyl halides is 1. The fourth-order valence-electron chi connectivity index (χ4n) is 6.67. The van der Waals surface area contributed by atoms with Gasteiger partial charge in [-0.2, -0.15) is 0 Å². The molecule has 1 amide bonds. The Balaban J connectivity index is 1.58. The van der Waals surface area contributed by atoms with Gasteiger partial charge in [0.1, 0.15) is 0 Å². The molecule has 22 heavy (non-hydrogen) atoms. The Kier molecular flexibility index (Phi) is 3.87. The van der Waals surface area contributed by atoms with Gasteiger partial charge in [-0.15, -0.1) is 0 Å². The molecule has 3 heteroatoms. The van der Waals surface area contributed by atoms with Gasteiger partial charge in [0, 0.05) is 16.9 Å². The third-order valence-electron chi connectivity index (χ3n) is 7.06. The Morgan fingerprint density at radius 2 is 1.73 bits per heavy atom. The van der Waals surface area contributed by atoms with Crippen LogP contribution >= 0.6 is 15.9 Å². The zero-order chi connectivity index (χ0) is 15.4. The van der Waals surface area contributed by atoms with E-state index in [0.717, 1.165) is 24.8 Å². The summed E-state index contributed by atoms with van der Waals surface area (Å²) in [6, 6.07) is 0.533. The fraction of sp³-hybridized carbons (Fsp3) is 0.947. The van der Waals surface area contributed by atoms with Gasteiger partial charge >= 0.3 is 0 Å². The van der Waals surface area contributed by atoms with Crippen molar-refractivity contribution in [3.8, 4) is 0 Å².